The number of halogens is 1. The normalized spacial score (nSPS) is 16.6. The van der Waals surface area contributed by atoms with Crippen molar-refractivity contribution in [1.82, 2.24) is 14.9 Å². The van der Waals surface area contributed by atoms with Crippen molar-refractivity contribution >= 4 is 34.6 Å². The van der Waals surface area contributed by atoms with Gasteiger partial charge >= 0.3 is 0 Å². The second-order valence-electron chi connectivity index (χ2n) is 9.48. The summed E-state index contributed by atoms with van der Waals surface area (Å²) in [5.41, 5.74) is 5.25. The zero-order valence-corrected chi connectivity index (χ0v) is 23.5. The fourth-order valence-electron chi connectivity index (χ4n) is 5.30. The SMILES string of the molecule is COCC(=O)Nc1cc(N2C(=S)N[C@@H](c3ccccn3)[C@H]2c2cc(C)n(-c3ccccc3F)c2C)ccc1OC. The Bertz CT molecular complexity index is 1560. The van der Waals surface area contributed by atoms with Crippen molar-refractivity contribution in [1.29, 1.82) is 0 Å². The maximum Gasteiger partial charge on any atom is 0.250 e. The monoisotopic (exact) mass is 559 g/mol. The molecule has 1 fully saturated rings. The third-order valence-corrected chi connectivity index (χ3v) is 7.31. The number of ether oxygens (including phenoxy) is 2. The maximum atomic E-state index is 14.9. The molecule has 0 spiro atoms. The minimum atomic E-state index is -0.329. The van der Waals surface area contributed by atoms with Crippen LogP contribution in [0, 0.1) is 19.7 Å². The summed E-state index contributed by atoms with van der Waals surface area (Å²) in [6.07, 6.45) is 1.75. The quantitative estimate of drug-likeness (QED) is 0.280. The molecule has 0 unspecified atom stereocenters. The van der Waals surface area contributed by atoms with Gasteiger partial charge in [0.15, 0.2) is 5.11 Å². The predicted molar refractivity (Wildman–Crippen MR) is 157 cm³/mol. The molecule has 2 atom stereocenters. The smallest absolute Gasteiger partial charge is 0.250 e. The number of aromatic nitrogens is 2. The molecule has 0 bridgehead atoms. The van der Waals surface area contributed by atoms with Crippen molar-refractivity contribution in [2.24, 2.45) is 0 Å². The lowest BCUT2D eigenvalue weighted by Crippen LogP contribution is -2.29. The van der Waals surface area contributed by atoms with E-state index in [-0.39, 0.29) is 30.4 Å². The summed E-state index contributed by atoms with van der Waals surface area (Å²) in [6, 6.07) is 19.4. The summed E-state index contributed by atoms with van der Waals surface area (Å²) in [7, 11) is 3.00. The molecular formula is C30H30FN5O3S. The fourth-order valence-corrected chi connectivity index (χ4v) is 5.65. The number of hydrogen-bond donors (Lipinski definition) is 2. The Morgan fingerprint density at radius 3 is 2.58 bits per heavy atom. The van der Waals surface area contributed by atoms with Gasteiger partial charge in [-0.2, -0.15) is 0 Å². The van der Waals surface area contributed by atoms with Gasteiger partial charge in [0.05, 0.1) is 36.3 Å². The average molecular weight is 560 g/mol. The van der Waals surface area contributed by atoms with Crippen LogP contribution in [0.3, 0.4) is 0 Å². The number of anilines is 2. The standard InChI is InChI=1S/C30H30FN5O3S/c1-18-15-21(19(2)35(18)25-11-6-5-9-22(25)31)29-28(23-10-7-8-14-32-23)34-30(40)36(29)20-12-13-26(39-4)24(16-20)33-27(37)17-38-3/h5-16,28-29H,17H2,1-4H3,(H,33,37)(H,34,40)/t28-,29+/m0/s1. The Balaban J connectivity index is 1.66. The second-order valence-corrected chi connectivity index (χ2v) is 9.86. The van der Waals surface area contributed by atoms with E-state index in [4.69, 9.17) is 21.7 Å². The van der Waals surface area contributed by atoms with Gasteiger partial charge in [0, 0.05) is 30.4 Å². The highest BCUT2D eigenvalue weighted by Crippen LogP contribution is 2.45. The number of aryl methyl sites for hydroxylation is 1. The molecule has 8 nitrogen and oxygen atoms in total. The summed E-state index contributed by atoms with van der Waals surface area (Å²) < 4.78 is 27.3. The third kappa shape index (κ3) is 5.03. The Labute approximate surface area is 237 Å². The zero-order chi connectivity index (χ0) is 28.4. The molecule has 3 heterocycles. The van der Waals surface area contributed by atoms with Crippen molar-refractivity contribution in [3.05, 3.63) is 101 Å². The van der Waals surface area contributed by atoms with Crippen molar-refractivity contribution in [2.75, 3.05) is 31.0 Å². The highest BCUT2D eigenvalue weighted by molar-refractivity contribution is 7.80. The van der Waals surface area contributed by atoms with Crippen molar-refractivity contribution < 1.29 is 18.7 Å². The van der Waals surface area contributed by atoms with Gasteiger partial charge in [-0.3, -0.25) is 9.78 Å². The van der Waals surface area contributed by atoms with E-state index >= 15 is 0 Å². The molecule has 206 valence electrons. The summed E-state index contributed by atoms with van der Waals surface area (Å²) in [6.45, 7) is 3.85. The molecule has 2 aromatic carbocycles. The molecule has 1 amide bonds. The highest BCUT2D eigenvalue weighted by Gasteiger charge is 2.42. The summed E-state index contributed by atoms with van der Waals surface area (Å²) in [4.78, 5) is 19.0. The lowest BCUT2D eigenvalue weighted by atomic mass is 9.96. The van der Waals surface area contributed by atoms with Crippen LogP contribution in [-0.4, -0.2) is 41.4 Å². The summed E-state index contributed by atoms with van der Waals surface area (Å²) in [5, 5.41) is 6.81. The molecule has 1 aliphatic heterocycles. The van der Waals surface area contributed by atoms with Crippen LogP contribution in [0.25, 0.3) is 5.69 Å². The zero-order valence-electron chi connectivity index (χ0n) is 22.6. The Kier molecular flexibility index (Phi) is 7.81. The number of rotatable bonds is 8. The van der Waals surface area contributed by atoms with Crippen LogP contribution in [0.1, 0.15) is 34.7 Å². The van der Waals surface area contributed by atoms with Gasteiger partial charge in [-0.1, -0.05) is 18.2 Å². The van der Waals surface area contributed by atoms with Gasteiger partial charge in [-0.15, -0.1) is 0 Å². The molecule has 2 N–H and O–H groups in total. The minimum absolute atomic E-state index is 0.0938. The highest BCUT2D eigenvalue weighted by atomic mass is 32.1. The minimum Gasteiger partial charge on any atom is -0.495 e. The Morgan fingerprint density at radius 1 is 1.10 bits per heavy atom. The van der Waals surface area contributed by atoms with Crippen molar-refractivity contribution in [3.8, 4) is 11.4 Å². The van der Waals surface area contributed by atoms with Crippen LogP contribution in [0.2, 0.25) is 0 Å². The molecule has 40 heavy (non-hydrogen) atoms. The van der Waals surface area contributed by atoms with Gasteiger partial charge in [-0.25, -0.2) is 4.39 Å². The molecule has 0 radical (unpaired) electrons. The van der Waals surface area contributed by atoms with Gasteiger partial charge < -0.3 is 29.6 Å². The number of nitrogens with one attached hydrogen (secondary N) is 2. The first-order valence-electron chi connectivity index (χ1n) is 12.7. The van der Waals surface area contributed by atoms with E-state index in [2.05, 4.69) is 21.7 Å². The lowest BCUT2D eigenvalue weighted by Gasteiger charge is -2.29. The Morgan fingerprint density at radius 2 is 1.88 bits per heavy atom. The van der Waals surface area contributed by atoms with Crippen LogP contribution >= 0.6 is 12.2 Å². The van der Waals surface area contributed by atoms with E-state index in [1.165, 1.54) is 13.2 Å². The van der Waals surface area contributed by atoms with E-state index in [1.807, 2.05) is 59.7 Å². The average Bonchev–Trinajstić information content (AvgIpc) is 3.44. The maximum absolute atomic E-state index is 14.9. The number of thiocarbonyl (C=S) groups is 1. The van der Waals surface area contributed by atoms with Crippen molar-refractivity contribution in [2.45, 2.75) is 25.9 Å². The first-order valence-corrected chi connectivity index (χ1v) is 13.2. The number of benzene rings is 2. The van der Waals surface area contributed by atoms with Crippen LogP contribution in [0.4, 0.5) is 15.8 Å². The molecule has 1 aliphatic rings. The van der Waals surface area contributed by atoms with Crippen LogP contribution in [0.15, 0.2) is 72.9 Å². The number of methoxy groups -OCH3 is 2. The lowest BCUT2D eigenvalue weighted by molar-refractivity contribution is -0.119. The predicted octanol–water partition coefficient (Wildman–Crippen LogP) is 5.40. The van der Waals surface area contributed by atoms with Gasteiger partial charge in [-0.05, 0) is 80.2 Å². The topological polar surface area (TPSA) is 80.7 Å². The van der Waals surface area contributed by atoms with Gasteiger partial charge in [0.2, 0.25) is 5.91 Å². The summed E-state index contributed by atoms with van der Waals surface area (Å²) in [5.74, 6) is -0.112. The number of pyridine rings is 1. The molecule has 2 aromatic heterocycles. The number of hydrogen-bond acceptors (Lipinski definition) is 5. The molecule has 4 aromatic rings. The largest absolute Gasteiger partial charge is 0.495 e. The van der Waals surface area contributed by atoms with Crippen LogP contribution in [0.5, 0.6) is 5.75 Å². The fraction of sp³-hybridized carbons (Fsp3) is 0.233. The molecule has 1 saturated heterocycles. The number of para-hydroxylation sites is 1. The number of carbonyl (C=O) groups is 1. The Hall–Kier alpha value is -4.28. The number of nitrogens with zero attached hydrogens (tertiary/aromatic N) is 3. The van der Waals surface area contributed by atoms with E-state index in [1.54, 1.807) is 31.5 Å². The van der Waals surface area contributed by atoms with E-state index < -0.39 is 0 Å². The van der Waals surface area contributed by atoms with E-state index in [9.17, 15) is 9.18 Å². The van der Waals surface area contributed by atoms with Gasteiger partial charge in [0.1, 0.15) is 18.2 Å². The van der Waals surface area contributed by atoms with Crippen LogP contribution < -0.4 is 20.3 Å². The molecule has 5 rings (SSSR count). The van der Waals surface area contributed by atoms with Crippen molar-refractivity contribution in [3.63, 3.8) is 0 Å². The van der Waals surface area contributed by atoms with Gasteiger partial charge in [0.25, 0.3) is 0 Å². The number of carbonyl (C=O) groups excluding carboxylic acids is 1. The summed E-state index contributed by atoms with van der Waals surface area (Å²) >= 11 is 5.89. The molecular weight excluding hydrogens is 529 g/mol. The van der Waals surface area contributed by atoms with E-state index in [0.29, 0.717) is 22.2 Å². The second kappa shape index (κ2) is 11.4. The number of amides is 1. The third-order valence-electron chi connectivity index (χ3n) is 6.99. The molecule has 0 saturated carbocycles. The molecule has 0 aliphatic carbocycles. The molecule has 10 heteroatoms. The first-order chi connectivity index (χ1) is 19.3. The first kappa shape index (κ1) is 27.3. The van der Waals surface area contributed by atoms with Crippen LogP contribution in [-0.2, 0) is 9.53 Å². The van der Waals surface area contributed by atoms with E-state index in [0.717, 1.165) is 28.3 Å².